The number of amides is 2. The van der Waals surface area contributed by atoms with Crippen molar-refractivity contribution in [3.8, 4) is 0 Å². The van der Waals surface area contributed by atoms with Crippen molar-refractivity contribution in [2.24, 2.45) is 7.05 Å². The SMILES string of the molecule is CC(=O)N(CC(=O)O)C1CCCN(C(=O)c2cnc3c(c2)c(C)nn3C)CC1. The third kappa shape index (κ3) is 3.97. The van der Waals surface area contributed by atoms with Crippen LogP contribution in [-0.2, 0) is 16.6 Å². The first-order valence-electron chi connectivity index (χ1n) is 9.35. The van der Waals surface area contributed by atoms with Gasteiger partial charge in [0.15, 0.2) is 5.65 Å². The number of carboxylic acid groups (broad SMARTS) is 1. The Morgan fingerprint density at radius 1 is 1.29 bits per heavy atom. The van der Waals surface area contributed by atoms with E-state index in [0.717, 1.165) is 16.7 Å². The van der Waals surface area contributed by atoms with Crippen LogP contribution in [0.5, 0.6) is 0 Å². The van der Waals surface area contributed by atoms with Crippen molar-refractivity contribution in [2.75, 3.05) is 19.6 Å². The summed E-state index contributed by atoms with van der Waals surface area (Å²) in [6, 6.07) is 1.65. The molecule has 1 aliphatic heterocycles. The normalized spacial score (nSPS) is 17.4. The highest BCUT2D eigenvalue weighted by atomic mass is 16.4. The van der Waals surface area contributed by atoms with Crippen LogP contribution >= 0.6 is 0 Å². The van der Waals surface area contributed by atoms with Gasteiger partial charge in [0.2, 0.25) is 5.91 Å². The fourth-order valence-corrected chi connectivity index (χ4v) is 3.84. The van der Waals surface area contributed by atoms with Gasteiger partial charge in [-0.2, -0.15) is 5.10 Å². The highest BCUT2D eigenvalue weighted by Crippen LogP contribution is 2.21. The van der Waals surface area contributed by atoms with Crippen LogP contribution in [0.1, 0.15) is 42.2 Å². The zero-order valence-electron chi connectivity index (χ0n) is 16.4. The van der Waals surface area contributed by atoms with Gasteiger partial charge in [0, 0.05) is 44.7 Å². The van der Waals surface area contributed by atoms with Gasteiger partial charge in [-0.15, -0.1) is 0 Å². The number of aliphatic carboxylic acids is 1. The first-order chi connectivity index (χ1) is 13.3. The molecule has 1 aliphatic rings. The molecule has 0 radical (unpaired) electrons. The van der Waals surface area contributed by atoms with Gasteiger partial charge in [-0.05, 0) is 32.3 Å². The largest absolute Gasteiger partial charge is 0.480 e. The summed E-state index contributed by atoms with van der Waals surface area (Å²) in [5, 5.41) is 14.2. The van der Waals surface area contributed by atoms with Gasteiger partial charge >= 0.3 is 5.97 Å². The van der Waals surface area contributed by atoms with Gasteiger partial charge in [0.25, 0.3) is 5.91 Å². The second kappa shape index (κ2) is 7.95. The molecule has 1 saturated heterocycles. The topological polar surface area (TPSA) is 109 Å². The molecule has 3 rings (SSSR count). The van der Waals surface area contributed by atoms with E-state index < -0.39 is 5.97 Å². The molecular weight excluding hydrogens is 362 g/mol. The van der Waals surface area contributed by atoms with Crippen LogP contribution < -0.4 is 0 Å². The van der Waals surface area contributed by atoms with Gasteiger partial charge < -0.3 is 14.9 Å². The molecule has 1 atom stereocenters. The quantitative estimate of drug-likeness (QED) is 0.845. The molecule has 0 bridgehead atoms. The third-order valence-electron chi connectivity index (χ3n) is 5.25. The van der Waals surface area contributed by atoms with Gasteiger partial charge in [-0.3, -0.25) is 19.1 Å². The maximum atomic E-state index is 13.0. The number of carboxylic acids is 1. The molecule has 1 unspecified atom stereocenters. The Balaban J connectivity index is 1.74. The van der Waals surface area contributed by atoms with Crippen LogP contribution in [0.25, 0.3) is 11.0 Å². The number of hydrogen-bond acceptors (Lipinski definition) is 5. The summed E-state index contributed by atoms with van der Waals surface area (Å²) in [5.41, 5.74) is 2.06. The van der Waals surface area contributed by atoms with E-state index in [-0.39, 0.29) is 24.4 Å². The van der Waals surface area contributed by atoms with Crippen molar-refractivity contribution in [2.45, 2.75) is 39.2 Å². The summed E-state index contributed by atoms with van der Waals surface area (Å²) in [4.78, 5) is 43.4. The molecule has 150 valence electrons. The van der Waals surface area contributed by atoms with Gasteiger partial charge in [0.05, 0.1) is 11.3 Å². The predicted molar refractivity (Wildman–Crippen MR) is 102 cm³/mol. The summed E-state index contributed by atoms with van der Waals surface area (Å²) < 4.78 is 1.69. The van der Waals surface area contributed by atoms with Crippen LogP contribution in [0.3, 0.4) is 0 Å². The maximum Gasteiger partial charge on any atom is 0.323 e. The number of fused-ring (bicyclic) bond motifs is 1. The number of pyridine rings is 1. The minimum Gasteiger partial charge on any atom is -0.480 e. The minimum absolute atomic E-state index is 0.106. The minimum atomic E-state index is -1.03. The van der Waals surface area contributed by atoms with Crippen molar-refractivity contribution in [3.05, 3.63) is 23.5 Å². The number of aromatic nitrogens is 3. The molecule has 2 amide bonds. The molecule has 9 nitrogen and oxygen atoms in total. The molecular formula is C19H25N5O4. The molecule has 9 heteroatoms. The zero-order valence-corrected chi connectivity index (χ0v) is 16.4. The van der Waals surface area contributed by atoms with E-state index in [1.54, 1.807) is 15.8 Å². The van der Waals surface area contributed by atoms with Crippen molar-refractivity contribution in [3.63, 3.8) is 0 Å². The molecule has 0 saturated carbocycles. The zero-order chi connectivity index (χ0) is 20.4. The Kier molecular flexibility index (Phi) is 5.62. The summed E-state index contributed by atoms with van der Waals surface area (Å²) in [6.07, 6.45) is 3.51. The van der Waals surface area contributed by atoms with Crippen molar-refractivity contribution in [1.29, 1.82) is 0 Å². The molecule has 28 heavy (non-hydrogen) atoms. The van der Waals surface area contributed by atoms with E-state index >= 15 is 0 Å². The van der Waals surface area contributed by atoms with E-state index in [1.807, 2.05) is 20.0 Å². The monoisotopic (exact) mass is 387 g/mol. The first-order valence-corrected chi connectivity index (χ1v) is 9.35. The standard InChI is InChI=1S/C19H25N5O4/c1-12-16-9-14(10-20-18(16)22(3)21-12)19(28)23-7-4-5-15(6-8-23)24(13(2)25)11-17(26)27/h9-10,15H,4-8,11H2,1-3H3,(H,26,27). The second-order valence-corrected chi connectivity index (χ2v) is 7.22. The molecule has 0 spiro atoms. The fourth-order valence-electron chi connectivity index (χ4n) is 3.84. The first kappa shape index (κ1) is 19.8. The number of hydrogen-bond donors (Lipinski definition) is 1. The van der Waals surface area contributed by atoms with E-state index in [9.17, 15) is 14.4 Å². The Morgan fingerprint density at radius 2 is 2.04 bits per heavy atom. The van der Waals surface area contributed by atoms with Crippen molar-refractivity contribution in [1.82, 2.24) is 24.6 Å². The van der Waals surface area contributed by atoms with E-state index in [4.69, 9.17) is 5.11 Å². The number of carbonyl (C=O) groups excluding carboxylic acids is 2. The van der Waals surface area contributed by atoms with Crippen molar-refractivity contribution >= 4 is 28.8 Å². The Bertz CT molecular complexity index is 922. The van der Waals surface area contributed by atoms with Crippen LogP contribution in [0.4, 0.5) is 0 Å². The third-order valence-corrected chi connectivity index (χ3v) is 5.25. The highest BCUT2D eigenvalue weighted by Gasteiger charge is 2.28. The Labute approximate surface area is 162 Å². The number of nitrogens with zero attached hydrogens (tertiary/aromatic N) is 5. The summed E-state index contributed by atoms with van der Waals surface area (Å²) in [5.74, 6) is -1.39. The lowest BCUT2D eigenvalue weighted by Gasteiger charge is -2.28. The lowest BCUT2D eigenvalue weighted by Crippen LogP contribution is -2.43. The van der Waals surface area contributed by atoms with Crippen molar-refractivity contribution < 1.29 is 19.5 Å². The smallest absolute Gasteiger partial charge is 0.323 e. The Morgan fingerprint density at radius 3 is 2.71 bits per heavy atom. The average Bonchev–Trinajstić information content (AvgIpc) is 2.82. The van der Waals surface area contributed by atoms with Gasteiger partial charge in [0.1, 0.15) is 6.54 Å². The second-order valence-electron chi connectivity index (χ2n) is 7.22. The fraction of sp³-hybridized carbons (Fsp3) is 0.526. The molecule has 2 aromatic heterocycles. The summed E-state index contributed by atoms with van der Waals surface area (Å²) in [6.45, 7) is 3.99. The van der Waals surface area contributed by atoms with Crippen LogP contribution in [-0.4, -0.2) is 73.1 Å². The number of likely N-dealkylation sites (tertiary alicyclic amines) is 1. The number of carbonyl (C=O) groups is 3. The maximum absolute atomic E-state index is 13.0. The van der Waals surface area contributed by atoms with Crippen LogP contribution in [0, 0.1) is 6.92 Å². The van der Waals surface area contributed by atoms with Crippen LogP contribution in [0.2, 0.25) is 0 Å². The van der Waals surface area contributed by atoms with E-state index in [0.29, 0.717) is 37.9 Å². The molecule has 0 aromatic carbocycles. The lowest BCUT2D eigenvalue weighted by atomic mass is 10.1. The number of rotatable bonds is 4. The highest BCUT2D eigenvalue weighted by molar-refractivity contribution is 5.97. The molecule has 0 aliphatic carbocycles. The molecule has 1 fully saturated rings. The van der Waals surface area contributed by atoms with Gasteiger partial charge in [-0.25, -0.2) is 4.98 Å². The Hall–Kier alpha value is -2.97. The molecule has 1 N–H and O–H groups in total. The predicted octanol–water partition coefficient (Wildman–Crippen LogP) is 1.20. The average molecular weight is 387 g/mol. The van der Waals surface area contributed by atoms with Gasteiger partial charge in [-0.1, -0.05) is 0 Å². The molecule has 3 heterocycles. The summed E-state index contributed by atoms with van der Waals surface area (Å²) in [7, 11) is 1.82. The van der Waals surface area contributed by atoms with Crippen LogP contribution in [0.15, 0.2) is 12.3 Å². The van der Waals surface area contributed by atoms with E-state index in [1.165, 1.54) is 11.8 Å². The van der Waals surface area contributed by atoms with E-state index in [2.05, 4.69) is 10.1 Å². The summed E-state index contributed by atoms with van der Waals surface area (Å²) >= 11 is 0. The molecule has 2 aromatic rings. The number of aryl methyl sites for hydroxylation is 2. The lowest BCUT2D eigenvalue weighted by molar-refractivity contribution is -0.145.